The topological polar surface area (TPSA) is 116 Å². The van der Waals surface area contributed by atoms with Crippen molar-refractivity contribution in [3.63, 3.8) is 0 Å². The molecule has 2 aromatic heterocycles. The van der Waals surface area contributed by atoms with Crippen LogP contribution < -0.4 is 10.6 Å². The minimum atomic E-state index is -0.453. The van der Waals surface area contributed by atoms with Crippen LogP contribution in [0.5, 0.6) is 5.75 Å². The fraction of sp³-hybridized carbons (Fsp3) is 0.370. The molecule has 2 atom stereocenters. The Bertz CT molecular complexity index is 1290. The van der Waals surface area contributed by atoms with Crippen molar-refractivity contribution < 1.29 is 19.4 Å². The number of phenolic OH excluding ortho intramolecular Hbond substituents is 1. The molecule has 1 aliphatic carbocycles. The van der Waals surface area contributed by atoms with Crippen LogP contribution in [0.25, 0.3) is 0 Å². The molecule has 2 unspecified atom stereocenters. The maximum absolute atomic E-state index is 12.8. The number of rotatable bonds is 8. The smallest absolute Gasteiger partial charge is 0.407 e. The highest BCUT2D eigenvalue weighted by atomic mass is 32.1. The number of anilines is 1. The summed E-state index contributed by atoms with van der Waals surface area (Å²) in [6.45, 7) is 4.50. The van der Waals surface area contributed by atoms with Gasteiger partial charge in [-0.15, -0.1) is 17.8 Å². The molecule has 1 aliphatic rings. The van der Waals surface area contributed by atoms with E-state index < -0.39 is 6.09 Å². The second kappa shape index (κ2) is 11.3. The highest BCUT2D eigenvalue weighted by Crippen LogP contribution is 2.39. The Morgan fingerprint density at radius 2 is 2.25 bits per heavy atom. The number of aromatic amines is 1. The number of thiophene rings is 1. The molecule has 0 saturated carbocycles. The van der Waals surface area contributed by atoms with Gasteiger partial charge in [-0.05, 0) is 61.3 Å². The molecule has 1 aromatic carbocycles. The van der Waals surface area contributed by atoms with Gasteiger partial charge in [0.15, 0.2) is 0 Å². The van der Waals surface area contributed by atoms with Crippen molar-refractivity contribution in [1.29, 1.82) is 0 Å². The zero-order chi connectivity index (χ0) is 25.7. The lowest BCUT2D eigenvalue weighted by atomic mass is 9.87. The number of benzene rings is 1. The van der Waals surface area contributed by atoms with Crippen LogP contribution in [0.1, 0.15) is 58.5 Å². The highest BCUT2D eigenvalue weighted by molar-refractivity contribution is 7.16. The van der Waals surface area contributed by atoms with Gasteiger partial charge >= 0.3 is 6.09 Å². The third-order valence-electron chi connectivity index (χ3n) is 6.50. The summed E-state index contributed by atoms with van der Waals surface area (Å²) in [5.74, 6) is 2.97. The van der Waals surface area contributed by atoms with E-state index in [2.05, 4.69) is 26.8 Å². The van der Waals surface area contributed by atoms with E-state index in [1.54, 1.807) is 24.4 Å². The maximum Gasteiger partial charge on any atom is 0.407 e. The number of nitrogens with one attached hydrogen (secondary N) is 3. The maximum atomic E-state index is 12.8. The fourth-order valence-electron chi connectivity index (χ4n) is 4.42. The summed E-state index contributed by atoms with van der Waals surface area (Å²) >= 11 is 1.51. The zero-order valence-electron chi connectivity index (χ0n) is 20.4. The number of carbonyl (C=O) groups is 2. The van der Waals surface area contributed by atoms with Crippen molar-refractivity contribution in [2.45, 2.75) is 52.0 Å². The molecule has 0 bridgehead atoms. The van der Waals surface area contributed by atoms with Gasteiger partial charge in [0.2, 0.25) is 5.91 Å². The lowest BCUT2D eigenvalue weighted by Gasteiger charge is -2.22. The SMILES string of the molecule is C#Cc1c(NC(=O)CC(C)c2cccc(O)c2)sc2c1CCC(COC(=O)NCc1c[nH]nc1C)C2. The molecule has 2 heterocycles. The largest absolute Gasteiger partial charge is 0.508 e. The molecule has 0 spiro atoms. The molecule has 4 rings (SSSR count). The fourth-order valence-corrected chi connectivity index (χ4v) is 5.76. The van der Waals surface area contributed by atoms with Crippen LogP contribution in [0.4, 0.5) is 9.80 Å². The third kappa shape index (κ3) is 6.07. The number of carbonyl (C=O) groups excluding carboxylic acids is 2. The number of hydrogen-bond acceptors (Lipinski definition) is 6. The van der Waals surface area contributed by atoms with Gasteiger partial charge in [-0.2, -0.15) is 5.10 Å². The minimum Gasteiger partial charge on any atom is -0.508 e. The van der Waals surface area contributed by atoms with Crippen LogP contribution in [0.15, 0.2) is 30.5 Å². The van der Waals surface area contributed by atoms with Crippen LogP contribution in [0.3, 0.4) is 0 Å². The van der Waals surface area contributed by atoms with Crippen LogP contribution in [-0.2, 0) is 28.9 Å². The summed E-state index contributed by atoms with van der Waals surface area (Å²) in [4.78, 5) is 26.0. The van der Waals surface area contributed by atoms with E-state index in [9.17, 15) is 14.7 Å². The molecule has 36 heavy (non-hydrogen) atoms. The monoisotopic (exact) mass is 506 g/mol. The number of hydrogen-bond donors (Lipinski definition) is 4. The Balaban J connectivity index is 1.31. The van der Waals surface area contributed by atoms with Gasteiger partial charge in [0.05, 0.1) is 17.9 Å². The van der Waals surface area contributed by atoms with Gasteiger partial charge in [-0.3, -0.25) is 9.89 Å². The lowest BCUT2D eigenvalue weighted by molar-refractivity contribution is -0.116. The first-order valence-electron chi connectivity index (χ1n) is 11.9. The number of fused-ring (bicyclic) bond motifs is 1. The van der Waals surface area contributed by atoms with Crippen LogP contribution in [0, 0.1) is 25.2 Å². The van der Waals surface area contributed by atoms with E-state index >= 15 is 0 Å². The van der Waals surface area contributed by atoms with Gasteiger partial charge in [-0.25, -0.2) is 4.79 Å². The Labute approximate surface area is 214 Å². The number of phenols is 1. The Kier molecular flexibility index (Phi) is 7.96. The second-order valence-electron chi connectivity index (χ2n) is 9.16. The van der Waals surface area contributed by atoms with Crippen molar-refractivity contribution in [3.05, 3.63) is 63.3 Å². The second-order valence-corrected chi connectivity index (χ2v) is 10.3. The zero-order valence-corrected chi connectivity index (χ0v) is 21.2. The predicted molar refractivity (Wildman–Crippen MR) is 139 cm³/mol. The third-order valence-corrected chi connectivity index (χ3v) is 7.67. The first-order valence-corrected chi connectivity index (χ1v) is 12.8. The van der Waals surface area contributed by atoms with Gasteiger partial charge in [-0.1, -0.05) is 25.0 Å². The first-order chi connectivity index (χ1) is 17.3. The van der Waals surface area contributed by atoms with E-state index in [0.29, 0.717) is 18.2 Å². The normalized spacial score (nSPS) is 15.4. The van der Waals surface area contributed by atoms with E-state index in [4.69, 9.17) is 11.2 Å². The number of aromatic hydroxyl groups is 1. The Morgan fingerprint density at radius 3 is 2.97 bits per heavy atom. The number of aromatic nitrogens is 2. The molecule has 2 amide bonds. The minimum absolute atomic E-state index is 0.0499. The van der Waals surface area contributed by atoms with Crippen LogP contribution in [-0.4, -0.2) is 33.9 Å². The standard InChI is InChI=1S/C27H30N4O4S/c1-4-22-23-9-8-18(15-35-27(34)28-13-20-14-29-31-17(20)3)11-24(23)36-26(22)30-25(33)10-16(2)19-6-5-7-21(32)12-19/h1,5-7,12,14,16,18,32H,8-11,13,15H2,2-3H3,(H,28,34)(H,29,31)(H,30,33). The summed E-state index contributed by atoms with van der Waals surface area (Å²) < 4.78 is 5.45. The van der Waals surface area contributed by atoms with Gasteiger partial charge in [0.25, 0.3) is 0 Å². The number of terminal acetylenes is 1. The average molecular weight is 507 g/mol. The number of nitrogens with zero attached hydrogens (tertiary/aromatic N) is 1. The van der Waals surface area contributed by atoms with E-state index in [0.717, 1.165) is 52.1 Å². The quantitative estimate of drug-likeness (QED) is 0.333. The molecular formula is C27H30N4O4S. The highest BCUT2D eigenvalue weighted by Gasteiger charge is 2.27. The van der Waals surface area contributed by atoms with Crippen LogP contribution >= 0.6 is 11.3 Å². The van der Waals surface area contributed by atoms with Crippen molar-refractivity contribution in [1.82, 2.24) is 15.5 Å². The van der Waals surface area contributed by atoms with Crippen molar-refractivity contribution >= 4 is 28.3 Å². The molecular weight excluding hydrogens is 476 g/mol. The molecule has 0 fully saturated rings. The Hall–Kier alpha value is -3.77. The molecule has 8 nitrogen and oxygen atoms in total. The number of alkyl carbamates (subject to hydrolysis) is 1. The lowest BCUT2D eigenvalue weighted by Crippen LogP contribution is -2.27. The number of amides is 2. The van der Waals surface area contributed by atoms with Crippen molar-refractivity contribution in [2.24, 2.45) is 5.92 Å². The molecule has 3 aromatic rings. The summed E-state index contributed by atoms with van der Waals surface area (Å²) in [6, 6.07) is 6.95. The average Bonchev–Trinajstić information content (AvgIpc) is 3.42. The van der Waals surface area contributed by atoms with Gasteiger partial charge < -0.3 is 20.5 Å². The summed E-state index contributed by atoms with van der Waals surface area (Å²) in [5, 5.41) is 23.0. The Morgan fingerprint density at radius 1 is 1.42 bits per heavy atom. The molecule has 0 radical (unpaired) electrons. The van der Waals surface area contributed by atoms with E-state index in [-0.39, 0.29) is 29.9 Å². The van der Waals surface area contributed by atoms with Crippen LogP contribution in [0.2, 0.25) is 0 Å². The summed E-state index contributed by atoms with van der Waals surface area (Å²) in [7, 11) is 0. The summed E-state index contributed by atoms with van der Waals surface area (Å²) in [6.07, 6.45) is 9.78. The number of ether oxygens (including phenoxy) is 1. The number of aryl methyl sites for hydroxylation is 1. The predicted octanol–water partition coefficient (Wildman–Crippen LogP) is 4.63. The van der Waals surface area contributed by atoms with E-state index in [1.165, 1.54) is 11.3 Å². The van der Waals surface area contributed by atoms with Crippen molar-refractivity contribution in [3.8, 4) is 18.1 Å². The molecule has 4 N–H and O–H groups in total. The van der Waals surface area contributed by atoms with Gasteiger partial charge in [0, 0.05) is 29.6 Å². The molecule has 9 heteroatoms. The molecule has 0 saturated heterocycles. The molecule has 0 aliphatic heterocycles. The summed E-state index contributed by atoms with van der Waals surface area (Å²) in [5.41, 5.74) is 4.52. The first kappa shape index (κ1) is 25.3. The molecule has 188 valence electrons. The van der Waals surface area contributed by atoms with Crippen molar-refractivity contribution in [2.75, 3.05) is 11.9 Å². The van der Waals surface area contributed by atoms with E-state index in [1.807, 2.05) is 19.9 Å². The van der Waals surface area contributed by atoms with Gasteiger partial charge in [0.1, 0.15) is 10.8 Å². The number of H-pyrrole nitrogens is 1.